The lowest BCUT2D eigenvalue weighted by molar-refractivity contribution is 0.209. The zero-order valence-electron chi connectivity index (χ0n) is 12.0. The van der Waals surface area contributed by atoms with Gasteiger partial charge < -0.3 is 20.1 Å². The Hall–Kier alpha value is -1.26. The third-order valence-electron chi connectivity index (χ3n) is 3.63. The van der Waals surface area contributed by atoms with E-state index < -0.39 is 0 Å². The molecule has 1 atom stereocenters. The fraction of sp³-hybridized carbons (Fsp3) is 0.600. The lowest BCUT2D eigenvalue weighted by Crippen LogP contribution is -2.63. The number of nitrogens with one attached hydrogen (secondary N) is 1. The van der Waals surface area contributed by atoms with Crippen molar-refractivity contribution in [3.63, 3.8) is 0 Å². The highest BCUT2D eigenvalue weighted by Gasteiger charge is 2.35. The van der Waals surface area contributed by atoms with Crippen LogP contribution in [-0.2, 0) is 0 Å². The highest BCUT2D eigenvalue weighted by atomic mass is 16.5. The standard InChI is InChI=1S/C15H24N2O2/c1-4-19-14-8-6-5-7-13(14)17-9-12(10-18)16-11-15(17,2)3/h5-8,12,16,18H,4,9-11H2,1-3H3. The molecule has 0 saturated carbocycles. The molecular weight excluding hydrogens is 240 g/mol. The van der Waals surface area contributed by atoms with Crippen molar-refractivity contribution in [1.82, 2.24) is 5.32 Å². The van der Waals surface area contributed by atoms with E-state index in [0.717, 1.165) is 24.5 Å². The highest BCUT2D eigenvalue weighted by Crippen LogP contribution is 2.34. The van der Waals surface area contributed by atoms with E-state index in [1.54, 1.807) is 0 Å². The third kappa shape index (κ3) is 3.01. The van der Waals surface area contributed by atoms with Crippen LogP contribution in [0.3, 0.4) is 0 Å². The van der Waals surface area contributed by atoms with Crippen LogP contribution in [-0.4, -0.2) is 43.0 Å². The molecule has 2 rings (SSSR count). The minimum atomic E-state index is -0.00112. The summed E-state index contributed by atoms with van der Waals surface area (Å²) in [5.74, 6) is 0.914. The summed E-state index contributed by atoms with van der Waals surface area (Å²) in [5, 5.41) is 12.8. The number of para-hydroxylation sites is 2. The molecule has 1 aliphatic rings. The van der Waals surface area contributed by atoms with Crippen LogP contribution in [0.2, 0.25) is 0 Å². The van der Waals surface area contributed by atoms with Crippen molar-refractivity contribution in [2.75, 3.05) is 31.2 Å². The molecule has 19 heavy (non-hydrogen) atoms. The molecule has 0 bridgehead atoms. The molecule has 0 aliphatic carbocycles. The van der Waals surface area contributed by atoms with Gasteiger partial charge in [0.25, 0.3) is 0 Å². The Bertz CT molecular complexity index is 420. The van der Waals surface area contributed by atoms with Gasteiger partial charge in [-0.25, -0.2) is 0 Å². The van der Waals surface area contributed by atoms with E-state index in [2.05, 4.69) is 30.1 Å². The molecule has 1 fully saturated rings. The highest BCUT2D eigenvalue weighted by molar-refractivity contribution is 5.60. The first-order valence-corrected chi connectivity index (χ1v) is 6.92. The SMILES string of the molecule is CCOc1ccccc1N1CC(CO)NCC1(C)C. The molecule has 0 aromatic heterocycles. The molecule has 106 valence electrons. The van der Waals surface area contributed by atoms with E-state index in [0.29, 0.717) is 6.61 Å². The minimum absolute atomic E-state index is 0.00112. The quantitative estimate of drug-likeness (QED) is 0.867. The van der Waals surface area contributed by atoms with Crippen LogP contribution in [0.25, 0.3) is 0 Å². The van der Waals surface area contributed by atoms with Crippen molar-refractivity contribution in [3.8, 4) is 5.75 Å². The second kappa shape index (κ2) is 5.80. The second-order valence-electron chi connectivity index (χ2n) is 5.58. The molecule has 1 saturated heterocycles. The predicted octanol–water partition coefficient (Wildman–Crippen LogP) is 1.63. The van der Waals surface area contributed by atoms with Gasteiger partial charge in [0, 0.05) is 24.7 Å². The molecule has 1 aromatic carbocycles. The number of nitrogens with zero attached hydrogens (tertiary/aromatic N) is 1. The molecule has 0 spiro atoms. The molecule has 4 nitrogen and oxygen atoms in total. The van der Waals surface area contributed by atoms with Gasteiger partial charge in [-0.05, 0) is 32.9 Å². The van der Waals surface area contributed by atoms with Crippen molar-refractivity contribution >= 4 is 5.69 Å². The first-order chi connectivity index (χ1) is 9.08. The topological polar surface area (TPSA) is 44.7 Å². The smallest absolute Gasteiger partial charge is 0.142 e. The van der Waals surface area contributed by atoms with E-state index in [4.69, 9.17) is 4.74 Å². The maximum Gasteiger partial charge on any atom is 0.142 e. The molecule has 0 radical (unpaired) electrons. The summed E-state index contributed by atoms with van der Waals surface area (Å²) in [5.41, 5.74) is 1.10. The average molecular weight is 264 g/mol. The first-order valence-electron chi connectivity index (χ1n) is 6.92. The fourth-order valence-electron chi connectivity index (χ4n) is 2.53. The number of ether oxygens (including phenoxy) is 1. The summed E-state index contributed by atoms with van der Waals surface area (Å²) in [7, 11) is 0. The van der Waals surface area contributed by atoms with Crippen molar-refractivity contribution in [3.05, 3.63) is 24.3 Å². The normalized spacial score (nSPS) is 22.3. The summed E-state index contributed by atoms with van der Waals surface area (Å²) in [4.78, 5) is 2.33. The van der Waals surface area contributed by atoms with Gasteiger partial charge in [-0.15, -0.1) is 0 Å². The van der Waals surface area contributed by atoms with Crippen LogP contribution in [0, 0.1) is 0 Å². The summed E-state index contributed by atoms with van der Waals surface area (Å²) < 4.78 is 5.73. The van der Waals surface area contributed by atoms with Gasteiger partial charge in [0.1, 0.15) is 5.75 Å². The number of piperazine rings is 1. The molecular formula is C15H24N2O2. The van der Waals surface area contributed by atoms with Crippen molar-refractivity contribution in [2.45, 2.75) is 32.4 Å². The minimum Gasteiger partial charge on any atom is -0.492 e. The van der Waals surface area contributed by atoms with Crippen molar-refractivity contribution in [2.24, 2.45) is 0 Å². The van der Waals surface area contributed by atoms with Crippen LogP contribution in [0.5, 0.6) is 5.75 Å². The number of hydrogen-bond acceptors (Lipinski definition) is 4. The summed E-state index contributed by atoms with van der Waals surface area (Å²) >= 11 is 0. The van der Waals surface area contributed by atoms with Crippen LogP contribution in [0.15, 0.2) is 24.3 Å². The molecule has 0 amide bonds. The van der Waals surface area contributed by atoms with E-state index in [1.165, 1.54) is 0 Å². The van der Waals surface area contributed by atoms with Crippen LogP contribution in [0.1, 0.15) is 20.8 Å². The number of rotatable bonds is 4. The first kappa shape index (κ1) is 14.2. The molecule has 2 N–H and O–H groups in total. The van der Waals surface area contributed by atoms with Gasteiger partial charge >= 0.3 is 0 Å². The van der Waals surface area contributed by atoms with Gasteiger partial charge in [0.15, 0.2) is 0 Å². The fourth-order valence-corrected chi connectivity index (χ4v) is 2.53. The van der Waals surface area contributed by atoms with Crippen molar-refractivity contribution < 1.29 is 9.84 Å². The van der Waals surface area contributed by atoms with Gasteiger partial charge in [0.05, 0.1) is 18.9 Å². The van der Waals surface area contributed by atoms with Crippen LogP contribution in [0.4, 0.5) is 5.69 Å². The molecule has 1 aliphatic heterocycles. The Morgan fingerprint density at radius 2 is 2.16 bits per heavy atom. The Labute approximate surface area is 115 Å². The van der Waals surface area contributed by atoms with E-state index in [1.807, 2.05) is 25.1 Å². The number of hydrogen-bond donors (Lipinski definition) is 2. The number of aliphatic hydroxyl groups is 1. The molecule has 1 aromatic rings. The summed E-state index contributed by atoms with van der Waals surface area (Å²) in [6.45, 7) is 8.85. The Morgan fingerprint density at radius 3 is 2.84 bits per heavy atom. The molecule has 1 heterocycles. The lowest BCUT2D eigenvalue weighted by Gasteiger charge is -2.47. The lowest BCUT2D eigenvalue weighted by atomic mass is 9.96. The van der Waals surface area contributed by atoms with E-state index in [9.17, 15) is 5.11 Å². The summed E-state index contributed by atoms with van der Waals surface area (Å²) in [6.07, 6.45) is 0. The van der Waals surface area contributed by atoms with Crippen LogP contribution < -0.4 is 15.0 Å². The Balaban J connectivity index is 2.31. The average Bonchev–Trinajstić information content (AvgIpc) is 2.40. The second-order valence-corrected chi connectivity index (χ2v) is 5.58. The zero-order chi connectivity index (χ0) is 13.9. The molecule has 4 heteroatoms. The van der Waals surface area contributed by atoms with Crippen molar-refractivity contribution in [1.29, 1.82) is 0 Å². The molecule has 1 unspecified atom stereocenters. The third-order valence-corrected chi connectivity index (χ3v) is 3.63. The number of benzene rings is 1. The maximum atomic E-state index is 9.38. The van der Waals surface area contributed by atoms with Gasteiger partial charge in [-0.3, -0.25) is 0 Å². The van der Waals surface area contributed by atoms with E-state index >= 15 is 0 Å². The predicted molar refractivity (Wildman–Crippen MR) is 77.9 cm³/mol. The zero-order valence-corrected chi connectivity index (χ0v) is 12.0. The van der Waals surface area contributed by atoms with Gasteiger partial charge in [-0.2, -0.15) is 0 Å². The number of aliphatic hydroxyl groups excluding tert-OH is 1. The maximum absolute atomic E-state index is 9.38. The summed E-state index contributed by atoms with van der Waals surface area (Å²) in [6, 6.07) is 8.23. The largest absolute Gasteiger partial charge is 0.492 e. The Morgan fingerprint density at radius 1 is 1.42 bits per heavy atom. The van der Waals surface area contributed by atoms with Crippen LogP contribution >= 0.6 is 0 Å². The number of anilines is 1. The Kier molecular flexibility index (Phi) is 4.32. The van der Waals surface area contributed by atoms with Gasteiger partial charge in [0.2, 0.25) is 0 Å². The monoisotopic (exact) mass is 264 g/mol. The van der Waals surface area contributed by atoms with Gasteiger partial charge in [-0.1, -0.05) is 12.1 Å². The van der Waals surface area contributed by atoms with E-state index in [-0.39, 0.29) is 18.2 Å².